The van der Waals surface area contributed by atoms with Gasteiger partial charge in [-0.3, -0.25) is 4.98 Å². The molecule has 1 N–H and O–H groups in total. The Bertz CT molecular complexity index is 201. The first-order valence-corrected chi connectivity index (χ1v) is 2.30. The summed E-state index contributed by atoms with van der Waals surface area (Å²) in [5.74, 6) is -0.412. The highest BCUT2D eigenvalue weighted by Crippen LogP contribution is 1.75. The van der Waals surface area contributed by atoms with Crippen LogP contribution in [0.15, 0.2) is 15.5 Å². The molecule has 0 saturated heterocycles. The zero-order valence-corrected chi connectivity index (χ0v) is 4.63. The summed E-state index contributed by atoms with van der Waals surface area (Å²) in [6, 6.07) is 0. The number of oxazole rings is 1. The number of H-pyrrole nitrogens is 1. The number of aromatic amines is 1. The number of rotatable bonds is 0. The van der Waals surface area contributed by atoms with E-state index < -0.39 is 5.76 Å². The molecule has 0 saturated carbocycles. The molecule has 3 nitrogen and oxygen atoms in total. The first-order chi connectivity index (χ1) is 3.29. The minimum atomic E-state index is -0.412. The second-order valence-electron chi connectivity index (χ2n) is 1.10. The zero-order valence-electron chi connectivity index (χ0n) is 3.47. The molecule has 0 amide bonds. The Morgan fingerprint density at radius 3 is 2.71 bits per heavy atom. The number of aromatic nitrogens is 1. The van der Waals surface area contributed by atoms with Gasteiger partial charge in [-0.1, -0.05) is 9.24 Å². The molecule has 0 aromatic carbocycles. The van der Waals surface area contributed by atoms with E-state index in [1.165, 1.54) is 6.26 Å². The Hall–Kier alpha value is -0.560. The third-order valence-corrected chi connectivity index (χ3v) is 0.820. The molecule has 7 heavy (non-hydrogen) atoms. The molecule has 1 unspecified atom stereocenters. The summed E-state index contributed by atoms with van der Waals surface area (Å²) in [5, 5.41) is 0. The van der Waals surface area contributed by atoms with E-state index in [0.717, 1.165) is 0 Å². The van der Waals surface area contributed by atoms with E-state index >= 15 is 0 Å². The predicted octanol–water partition coefficient (Wildman–Crippen LogP) is -0.532. The van der Waals surface area contributed by atoms with Crippen molar-refractivity contribution >= 4 is 14.7 Å². The van der Waals surface area contributed by atoms with Gasteiger partial charge < -0.3 is 4.42 Å². The summed E-state index contributed by atoms with van der Waals surface area (Å²) in [4.78, 5) is 12.4. The van der Waals surface area contributed by atoms with Crippen molar-refractivity contribution < 1.29 is 4.42 Å². The highest BCUT2D eigenvalue weighted by molar-refractivity contribution is 7.26. The molecule has 4 heteroatoms. The van der Waals surface area contributed by atoms with Gasteiger partial charge in [-0.15, -0.1) is 0 Å². The van der Waals surface area contributed by atoms with Gasteiger partial charge in [-0.2, -0.15) is 0 Å². The smallest absolute Gasteiger partial charge is 0.416 e. The quantitative estimate of drug-likeness (QED) is 0.464. The molecule has 0 spiro atoms. The summed E-state index contributed by atoms with van der Waals surface area (Å²) in [7, 11) is 2.30. The standard InChI is InChI=1S/C3H4NO2P/c5-3-4-2(7)1-6-3/h1H,7H2,(H,4,5). The Morgan fingerprint density at radius 1 is 1.86 bits per heavy atom. The van der Waals surface area contributed by atoms with Crippen LogP contribution in [0.1, 0.15) is 0 Å². The van der Waals surface area contributed by atoms with E-state index in [2.05, 4.69) is 18.6 Å². The molecule has 0 aliphatic carbocycles. The minimum Gasteiger partial charge on any atom is -0.416 e. The van der Waals surface area contributed by atoms with Crippen molar-refractivity contribution in [1.29, 1.82) is 0 Å². The summed E-state index contributed by atoms with van der Waals surface area (Å²) >= 11 is 0. The first-order valence-electron chi connectivity index (χ1n) is 1.72. The van der Waals surface area contributed by atoms with Gasteiger partial charge in [-0.05, 0) is 0 Å². The van der Waals surface area contributed by atoms with Gasteiger partial charge in [0.05, 0.1) is 5.44 Å². The zero-order chi connectivity index (χ0) is 5.28. The molecule has 0 fully saturated rings. The van der Waals surface area contributed by atoms with Crippen LogP contribution in [0.5, 0.6) is 0 Å². The minimum absolute atomic E-state index is 0.412. The molecule has 38 valence electrons. The molecule has 0 aliphatic heterocycles. The summed E-state index contributed by atoms with van der Waals surface area (Å²) in [5.41, 5.74) is 0.671. The van der Waals surface area contributed by atoms with E-state index in [9.17, 15) is 4.79 Å². The van der Waals surface area contributed by atoms with E-state index in [1.54, 1.807) is 0 Å². The van der Waals surface area contributed by atoms with Gasteiger partial charge in [0.25, 0.3) is 0 Å². The molecular formula is C3H4NO2P. The van der Waals surface area contributed by atoms with Gasteiger partial charge in [-0.25, -0.2) is 4.79 Å². The molecule has 1 aromatic rings. The fourth-order valence-corrected chi connectivity index (χ4v) is 0.480. The van der Waals surface area contributed by atoms with Crippen molar-refractivity contribution in [2.45, 2.75) is 0 Å². The lowest BCUT2D eigenvalue weighted by molar-refractivity contribution is 0.515. The van der Waals surface area contributed by atoms with Crippen LogP contribution < -0.4 is 11.2 Å². The fourth-order valence-electron chi connectivity index (χ4n) is 0.294. The SMILES string of the molecule is O=c1[nH]c(P)co1. The van der Waals surface area contributed by atoms with E-state index in [0.29, 0.717) is 5.44 Å². The lowest BCUT2D eigenvalue weighted by Gasteiger charge is -1.64. The molecule has 1 atom stereocenters. The maximum atomic E-state index is 10.1. The van der Waals surface area contributed by atoms with Crippen LogP contribution in [0, 0.1) is 0 Å². The van der Waals surface area contributed by atoms with Crippen LogP contribution in [0.4, 0.5) is 0 Å². The molecule has 0 radical (unpaired) electrons. The normalized spacial score (nSPS) is 9.29. The molecule has 1 rings (SSSR count). The summed E-state index contributed by atoms with van der Waals surface area (Å²) in [6.45, 7) is 0. The van der Waals surface area contributed by atoms with Crippen molar-refractivity contribution in [1.82, 2.24) is 4.98 Å². The van der Waals surface area contributed by atoms with Crippen LogP contribution in [0.3, 0.4) is 0 Å². The van der Waals surface area contributed by atoms with Crippen LogP contribution >= 0.6 is 9.24 Å². The Kier molecular flexibility index (Phi) is 0.988. The Balaban J connectivity index is 3.30. The maximum absolute atomic E-state index is 10.1. The molecular weight excluding hydrogens is 113 g/mol. The summed E-state index contributed by atoms with van der Waals surface area (Å²) < 4.78 is 4.33. The number of hydrogen-bond acceptors (Lipinski definition) is 2. The third-order valence-electron chi connectivity index (χ3n) is 0.539. The Labute approximate surface area is 41.9 Å². The number of hydrogen-bond donors (Lipinski definition) is 1. The average Bonchev–Trinajstić information content (AvgIpc) is 1.87. The van der Waals surface area contributed by atoms with Gasteiger partial charge in [0.1, 0.15) is 6.26 Å². The lowest BCUT2D eigenvalue weighted by atomic mass is 11.0. The monoisotopic (exact) mass is 117 g/mol. The average molecular weight is 117 g/mol. The maximum Gasteiger partial charge on any atom is 0.416 e. The van der Waals surface area contributed by atoms with Crippen molar-refractivity contribution in [3.8, 4) is 0 Å². The topological polar surface area (TPSA) is 46.0 Å². The van der Waals surface area contributed by atoms with Crippen LogP contribution in [0.2, 0.25) is 0 Å². The molecule has 0 aliphatic rings. The summed E-state index contributed by atoms with van der Waals surface area (Å²) in [6.07, 6.45) is 1.34. The molecule has 1 aromatic heterocycles. The highest BCUT2D eigenvalue weighted by Gasteiger charge is 1.84. The van der Waals surface area contributed by atoms with Crippen LogP contribution in [-0.2, 0) is 0 Å². The molecule has 1 heterocycles. The lowest BCUT2D eigenvalue weighted by Crippen LogP contribution is -2.00. The van der Waals surface area contributed by atoms with Gasteiger partial charge in [0.15, 0.2) is 0 Å². The van der Waals surface area contributed by atoms with E-state index in [-0.39, 0.29) is 0 Å². The highest BCUT2D eigenvalue weighted by atomic mass is 31.0. The Morgan fingerprint density at radius 2 is 2.57 bits per heavy atom. The first kappa shape index (κ1) is 4.60. The van der Waals surface area contributed by atoms with Crippen molar-refractivity contribution in [2.24, 2.45) is 0 Å². The number of nitrogens with one attached hydrogen (secondary N) is 1. The van der Waals surface area contributed by atoms with Gasteiger partial charge in [0, 0.05) is 0 Å². The third kappa shape index (κ3) is 0.904. The fraction of sp³-hybridized carbons (Fsp3) is 0. The second kappa shape index (κ2) is 1.51. The van der Waals surface area contributed by atoms with Gasteiger partial charge in [0.2, 0.25) is 0 Å². The predicted molar refractivity (Wildman–Crippen MR) is 28.7 cm³/mol. The molecule has 0 bridgehead atoms. The van der Waals surface area contributed by atoms with Crippen molar-refractivity contribution in [2.75, 3.05) is 0 Å². The van der Waals surface area contributed by atoms with E-state index in [1.807, 2.05) is 0 Å². The van der Waals surface area contributed by atoms with Gasteiger partial charge >= 0.3 is 5.76 Å². The van der Waals surface area contributed by atoms with E-state index in [4.69, 9.17) is 0 Å². The largest absolute Gasteiger partial charge is 0.416 e. The van der Waals surface area contributed by atoms with Crippen molar-refractivity contribution in [3.63, 3.8) is 0 Å². The van der Waals surface area contributed by atoms with Crippen LogP contribution in [0.25, 0.3) is 0 Å². The second-order valence-corrected chi connectivity index (χ2v) is 1.73. The van der Waals surface area contributed by atoms with Crippen molar-refractivity contribution in [3.05, 3.63) is 16.8 Å². The van der Waals surface area contributed by atoms with Crippen LogP contribution in [-0.4, -0.2) is 4.98 Å².